The lowest BCUT2D eigenvalue weighted by atomic mass is 9.93. The van der Waals surface area contributed by atoms with E-state index >= 15 is 0 Å². The smallest absolute Gasteiger partial charge is 0.246 e. The van der Waals surface area contributed by atoms with Crippen LogP contribution in [0.15, 0.2) is 0 Å². The van der Waals surface area contributed by atoms with Crippen molar-refractivity contribution in [2.24, 2.45) is 11.8 Å². The summed E-state index contributed by atoms with van der Waals surface area (Å²) in [6.45, 7) is 8.39. The van der Waals surface area contributed by atoms with Gasteiger partial charge >= 0.3 is 0 Å². The molecule has 0 aromatic carbocycles. The molecule has 1 aliphatic carbocycles. The Balaban J connectivity index is 2.23. The number of hydrogen-bond acceptors (Lipinski definition) is 2. The average molecular weight is 280 g/mol. The van der Waals surface area contributed by atoms with Gasteiger partial charge in [0.2, 0.25) is 11.8 Å². The number of hydrogen-bond donors (Lipinski definition) is 1. The molecule has 1 aliphatic heterocycles. The van der Waals surface area contributed by atoms with E-state index in [1.165, 1.54) is 12.8 Å². The molecule has 2 rings (SSSR count). The van der Waals surface area contributed by atoms with Gasteiger partial charge in [-0.15, -0.1) is 0 Å². The van der Waals surface area contributed by atoms with Gasteiger partial charge in [0.15, 0.2) is 0 Å². The van der Waals surface area contributed by atoms with Crippen molar-refractivity contribution in [3.63, 3.8) is 0 Å². The summed E-state index contributed by atoms with van der Waals surface area (Å²) in [5.41, 5.74) is 0. The first-order valence-electron chi connectivity index (χ1n) is 8.08. The van der Waals surface area contributed by atoms with Gasteiger partial charge in [0.25, 0.3) is 0 Å². The fourth-order valence-electron chi connectivity index (χ4n) is 3.74. The van der Waals surface area contributed by atoms with E-state index in [1.54, 1.807) is 0 Å². The lowest BCUT2D eigenvalue weighted by molar-refractivity contribution is -0.153. The highest BCUT2D eigenvalue weighted by atomic mass is 16.2. The molecule has 0 aromatic rings. The summed E-state index contributed by atoms with van der Waals surface area (Å²) in [5, 5.41) is 2.94. The van der Waals surface area contributed by atoms with Crippen molar-refractivity contribution in [1.82, 2.24) is 10.2 Å². The highest BCUT2D eigenvalue weighted by Gasteiger charge is 2.45. The molecule has 0 aromatic heterocycles. The molecule has 4 atom stereocenters. The highest BCUT2D eigenvalue weighted by Crippen LogP contribution is 2.33. The predicted octanol–water partition coefficient (Wildman–Crippen LogP) is 2.33. The Morgan fingerprint density at radius 2 is 2.00 bits per heavy atom. The van der Waals surface area contributed by atoms with Crippen LogP contribution < -0.4 is 5.32 Å². The molecule has 0 radical (unpaired) electrons. The van der Waals surface area contributed by atoms with Crippen molar-refractivity contribution in [3.8, 4) is 0 Å². The van der Waals surface area contributed by atoms with Gasteiger partial charge in [-0.3, -0.25) is 9.59 Å². The zero-order chi connectivity index (χ0) is 14.9. The molecule has 20 heavy (non-hydrogen) atoms. The average Bonchev–Trinajstić information content (AvgIpc) is 2.78. The molecule has 1 heterocycles. The van der Waals surface area contributed by atoms with Gasteiger partial charge < -0.3 is 10.2 Å². The third kappa shape index (κ3) is 2.84. The second-order valence-electron chi connectivity index (χ2n) is 6.84. The summed E-state index contributed by atoms with van der Waals surface area (Å²) in [5.74, 6) is 1.10. The number of nitrogens with zero attached hydrogens (tertiary/aromatic N) is 1. The molecule has 2 aliphatic rings. The molecule has 4 unspecified atom stereocenters. The minimum atomic E-state index is -0.321. The molecule has 114 valence electrons. The molecule has 1 N–H and O–H groups in total. The lowest BCUT2D eigenvalue weighted by Gasteiger charge is -2.44. The van der Waals surface area contributed by atoms with Gasteiger partial charge in [-0.05, 0) is 37.5 Å². The predicted molar refractivity (Wildman–Crippen MR) is 79.1 cm³/mol. The Labute approximate surface area is 122 Å². The molecule has 2 fully saturated rings. The van der Waals surface area contributed by atoms with Crippen LogP contribution in [-0.4, -0.2) is 34.8 Å². The number of rotatable bonds is 4. The first-order valence-corrected chi connectivity index (χ1v) is 8.08. The van der Waals surface area contributed by atoms with Crippen LogP contribution in [0.25, 0.3) is 0 Å². The van der Waals surface area contributed by atoms with Crippen molar-refractivity contribution in [2.75, 3.05) is 0 Å². The Kier molecular flexibility index (Phi) is 4.71. The summed E-state index contributed by atoms with van der Waals surface area (Å²) in [7, 11) is 0. The SMILES string of the molecule is CCC1C(=O)NC(CC(C)C)C(=O)N1C1CCCC1C. The molecule has 4 heteroatoms. The van der Waals surface area contributed by atoms with Crippen LogP contribution in [0.5, 0.6) is 0 Å². The van der Waals surface area contributed by atoms with Gasteiger partial charge in [-0.1, -0.05) is 34.1 Å². The van der Waals surface area contributed by atoms with Crippen molar-refractivity contribution in [3.05, 3.63) is 0 Å². The van der Waals surface area contributed by atoms with Crippen LogP contribution in [0.4, 0.5) is 0 Å². The minimum absolute atomic E-state index is 0.0388. The number of piperazine rings is 1. The van der Waals surface area contributed by atoms with Crippen molar-refractivity contribution in [1.29, 1.82) is 0 Å². The van der Waals surface area contributed by atoms with Gasteiger partial charge in [0, 0.05) is 6.04 Å². The standard InChI is InChI=1S/C16H28N2O2/c1-5-13-15(19)17-12(9-10(2)3)16(20)18(13)14-8-6-7-11(14)4/h10-14H,5-9H2,1-4H3,(H,17,19). The van der Waals surface area contributed by atoms with Crippen molar-refractivity contribution < 1.29 is 9.59 Å². The zero-order valence-corrected chi connectivity index (χ0v) is 13.2. The third-order valence-corrected chi connectivity index (χ3v) is 4.77. The third-order valence-electron chi connectivity index (χ3n) is 4.77. The molecule has 0 spiro atoms. The van der Waals surface area contributed by atoms with Crippen LogP contribution >= 0.6 is 0 Å². The molecule has 4 nitrogen and oxygen atoms in total. The molecule has 1 saturated carbocycles. The van der Waals surface area contributed by atoms with Gasteiger partial charge in [-0.25, -0.2) is 0 Å². The summed E-state index contributed by atoms with van der Waals surface area (Å²) in [6, 6.07) is -0.331. The number of nitrogens with one attached hydrogen (secondary N) is 1. The van der Waals surface area contributed by atoms with E-state index in [0.29, 0.717) is 18.3 Å². The Morgan fingerprint density at radius 3 is 2.50 bits per heavy atom. The van der Waals surface area contributed by atoms with Crippen molar-refractivity contribution in [2.45, 2.75) is 77.9 Å². The van der Waals surface area contributed by atoms with E-state index in [4.69, 9.17) is 0 Å². The summed E-state index contributed by atoms with van der Waals surface area (Å²) in [4.78, 5) is 27.1. The maximum Gasteiger partial charge on any atom is 0.246 e. The Hall–Kier alpha value is -1.06. The quantitative estimate of drug-likeness (QED) is 0.859. The maximum atomic E-state index is 12.8. The normalized spacial score (nSPS) is 34.8. The number of carbonyl (C=O) groups excluding carboxylic acids is 2. The van der Waals surface area contributed by atoms with E-state index in [9.17, 15) is 9.59 Å². The molecular formula is C16H28N2O2. The van der Waals surface area contributed by atoms with Gasteiger partial charge in [-0.2, -0.15) is 0 Å². The zero-order valence-electron chi connectivity index (χ0n) is 13.2. The van der Waals surface area contributed by atoms with E-state index in [0.717, 1.165) is 12.8 Å². The molecule has 0 bridgehead atoms. The van der Waals surface area contributed by atoms with E-state index in [2.05, 4.69) is 26.1 Å². The second-order valence-corrected chi connectivity index (χ2v) is 6.84. The fraction of sp³-hybridized carbons (Fsp3) is 0.875. The van der Waals surface area contributed by atoms with Crippen LogP contribution in [0.1, 0.15) is 59.8 Å². The van der Waals surface area contributed by atoms with Gasteiger partial charge in [0.1, 0.15) is 12.1 Å². The van der Waals surface area contributed by atoms with Crippen LogP contribution in [0.2, 0.25) is 0 Å². The Morgan fingerprint density at radius 1 is 1.30 bits per heavy atom. The van der Waals surface area contributed by atoms with E-state index in [-0.39, 0.29) is 29.9 Å². The van der Waals surface area contributed by atoms with Gasteiger partial charge in [0.05, 0.1) is 0 Å². The van der Waals surface area contributed by atoms with E-state index in [1.807, 2.05) is 11.8 Å². The minimum Gasteiger partial charge on any atom is -0.342 e. The Bertz CT molecular complexity index is 381. The highest BCUT2D eigenvalue weighted by molar-refractivity contribution is 5.97. The monoisotopic (exact) mass is 280 g/mol. The summed E-state index contributed by atoms with van der Waals surface area (Å²) in [6.07, 6.45) is 4.82. The largest absolute Gasteiger partial charge is 0.342 e. The second kappa shape index (κ2) is 6.15. The van der Waals surface area contributed by atoms with E-state index < -0.39 is 0 Å². The molecular weight excluding hydrogens is 252 g/mol. The lowest BCUT2D eigenvalue weighted by Crippen LogP contribution is -2.66. The summed E-state index contributed by atoms with van der Waals surface area (Å²) < 4.78 is 0. The topological polar surface area (TPSA) is 49.4 Å². The maximum absolute atomic E-state index is 12.8. The van der Waals surface area contributed by atoms with Crippen LogP contribution in [-0.2, 0) is 9.59 Å². The summed E-state index contributed by atoms with van der Waals surface area (Å²) >= 11 is 0. The molecule has 2 amide bonds. The molecule has 1 saturated heterocycles. The van der Waals surface area contributed by atoms with Crippen molar-refractivity contribution >= 4 is 11.8 Å². The first kappa shape index (κ1) is 15.3. The first-order chi connectivity index (χ1) is 9.45. The number of amides is 2. The van der Waals surface area contributed by atoms with Crippen LogP contribution in [0, 0.1) is 11.8 Å². The fourth-order valence-corrected chi connectivity index (χ4v) is 3.74. The number of carbonyl (C=O) groups is 2. The van der Waals surface area contributed by atoms with Crippen LogP contribution in [0.3, 0.4) is 0 Å².